The second-order valence-corrected chi connectivity index (χ2v) is 3.74. The van der Waals surface area contributed by atoms with Crippen LogP contribution in [-0.2, 0) is 0 Å². The van der Waals surface area contributed by atoms with E-state index in [-0.39, 0.29) is 0 Å². The van der Waals surface area contributed by atoms with Crippen LogP contribution in [0.4, 0.5) is 6.01 Å². The normalized spacial score (nSPS) is 10.4. The number of aromatic nitrogens is 2. The minimum atomic E-state index is 0.428. The third kappa shape index (κ3) is 2.33. The van der Waals surface area contributed by atoms with Crippen LogP contribution in [0.15, 0.2) is 28.8 Å². The van der Waals surface area contributed by atoms with E-state index < -0.39 is 0 Å². The minimum absolute atomic E-state index is 0.428. The van der Waals surface area contributed by atoms with Crippen molar-refractivity contribution < 1.29 is 4.52 Å². The molecule has 5 heteroatoms. The molecule has 0 aliphatic rings. The summed E-state index contributed by atoms with van der Waals surface area (Å²) in [7, 11) is 0. The Labute approximate surface area is 98.6 Å². The standard InChI is InChI=1S/C11H12ClN3O/c1-2-7-13-11-14-10(15-16-11)8-5-3-4-6-9(8)12/h3-6H,2,7H2,1H3,(H,13,14,15). The van der Waals surface area contributed by atoms with Crippen LogP contribution in [-0.4, -0.2) is 16.7 Å². The molecule has 0 saturated carbocycles. The SMILES string of the molecule is CCCNc1nc(-c2ccccc2Cl)no1. The molecule has 4 nitrogen and oxygen atoms in total. The zero-order valence-corrected chi connectivity index (χ0v) is 9.66. The van der Waals surface area contributed by atoms with Gasteiger partial charge in [-0.25, -0.2) is 0 Å². The van der Waals surface area contributed by atoms with Gasteiger partial charge in [0.15, 0.2) is 0 Å². The Morgan fingerprint density at radius 2 is 2.19 bits per heavy atom. The van der Waals surface area contributed by atoms with Crippen LogP contribution in [0.3, 0.4) is 0 Å². The van der Waals surface area contributed by atoms with Crippen molar-refractivity contribution in [1.82, 2.24) is 10.1 Å². The molecule has 0 fully saturated rings. The van der Waals surface area contributed by atoms with E-state index in [2.05, 4.69) is 22.4 Å². The van der Waals surface area contributed by atoms with Crippen molar-refractivity contribution in [2.75, 3.05) is 11.9 Å². The van der Waals surface area contributed by atoms with Crippen LogP contribution in [0.1, 0.15) is 13.3 Å². The van der Waals surface area contributed by atoms with Crippen molar-refractivity contribution in [3.8, 4) is 11.4 Å². The number of hydrogen-bond acceptors (Lipinski definition) is 4. The molecule has 0 radical (unpaired) electrons. The van der Waals surface area contributed by atoms with Gasteiger partial charge in [0.05, 0.1) is 5.02 Å². The largest absolute Gasteiger partial charge is 0.338 e. The molecule has 84 valence electrons. The summed E-state index contributed by atoms with van der Waals surface area (Å²) >= 11 is 6.03. The molecule has 1 aromatic heterocycles. The first-order chi connectivity index (χ1) is 7.81. The van der Waals surface area contributed by atoms with Gasteiger partial charge in [-0.05, 0) is 18.6 Å². The lowest BCUT2D eigenvalue weighted by atomic mass is 10.2. The van der Waals surface area contributed by atoms with Gasteiger partial charge in [0.1, 0.15) is 0 Å². The van der Waals surface area contributed by atoms with E-state index in [4.69, 9.17) is 16.1 Å². The van der Waals surface area contributed by atoms with Crippen molar-refractivity contribution in [2.24, 2.45) is 0 Å². The maximum absolute atomic E-state index is 6.03. The minimum Gasteiger partial charge on any atom is -0.338 e. The Kier molecular flexibility index (Phi) is 3.41. The Balaban J connectivity index is 2.22. The highest BCUT2D eigenvalue weighted by atomic mass is 35.5. The first-order valence-electron chi connectivity index (χ1n) is 5.13. The molecular weight excluding hydrogens is 226 g/mol. The molecule has 0 aliphatic carbocycles. The van der Waals surface area contributed by atoms with E-state index in [0.29, 0.717) is 16.9 Å². The lowest BCUT2D eigenvalue weighted by molar-refractivity contribution is 0.432. The smallest absolute Gasteiger partial charge is 0.321 e. The van der Waals surface area contributed by atoms with E-state index in [1.165, 1.54) is 0 Å². The summed E-state index contributed by atoms with van der Waals surface area (Å²) in [6, 6.07) is 7.83. The molecule has 0 bridgehead atoms. The number of anilines is 1. The molecule has 0 atom stereocenters. The molecule has 2 rings (SSSR count). The van der Waals surface area contributed by atoms with Gasteiger partial charge in [-0.15, -0.1) is 0 Å². The van der Waals surface area contributed by atoms with Crippen molar-refractivity contribution >= 4 is 17.6 Å². The predicted octanol–water partition coefficient (Wildman–Crippen LogP) is 3.21. The molecule has 0 amide bonds. The molecule has 2 aromatic rings. The summed E-state index contributed by atoms with van der Waals surface area (Å²) in [6.45, 7) is 2.88. The summed E-state index contributed by atoms with van der Waals surface area (Å²) < 4.78 is 5.05. The second-order valence-electron chi connectivity index (χ2n) is 3.33. The lowest BCUT2D eigenvalue weighted by Gasteiger charge is -1.96. The number of rotatable bonds is 4. The zero-order chi connectivity index (χ0) is 11.4. The Hall–Kier alpha value is -1.55. The van der Waals surface area contributed by atoms with E-state index >= 15 is 0 Å². The first-order valence-corrected chi connectivity index (χ1v) is 5.51. The van der Waals surface area contributed by atoms with Crippen LogP contribution in [0.25, 0.3) is 11.4 Å². The second kappa shape index (κ2) is 4.99. The van der Waals surface area contributed by atoms with E-state index in [9.17, 15) is 0 Å². The van der Waals surface area contributed by atoms with Gasteiger partial charge < -0.3 is 9.84 Å². The fourth-order valence-electron chi connectivity index (χ4n) is 1.28. The molecule has 16 heavy (non-hydrogen) atoms. The summed E-state index contributed by atoms with van der Waals surface area (Å²) in [5, 5.41) is 7.50. The average molecular weight is 238 g/mol. The quantitative estimate of drug-likeness (QED) is 0.887. The Morgan fingerprint density at radius 3 is 2.94 bits per heavy atom. The molecular formula is C11H12ClN3O. The molecule has 0 unspecified atom stereocenters. The fourth-order valence-corrected chi connectivity index (χ4v) is 1.50. The van der Waals surface area contributed by atoms with E-state index in [1.54, 1.807) is 6.07 Å². The van der Waals surface area contributed by atoms with Crippen LogP contribution in [0.5, 0.6) is 0 Å². The molecule has 1 N–H and O–H groups in total. The topological polar surface area (TPSA) is 51.0 Å². The maximum Gasteiger partial charge on any atom is 0.321 e. The van der Waals surface area contributed by atoms with Crippen LogP contribution < -0.4 is 5.32 Å². The average Bonchev–Trinajstić information content (AvgIpc) is 2.75. The number of hydrogen-bond donors (Lipinski definition) is 1. The van der Waals surface area contributed by atoms with Gasteiger partial charge in [0.2, 0.25) is 5.82 Å². The van der Waals surface area contributed by atoms with Gasteiger partial charge in [-0.2, -0.15) is 4.98 Å². The van der Waals surface area contributed by atoms with Crippen LogP contribution in [0.2, 0.25) is 5.02 Å². The number of nitrogens with one attached hydrogen (secondary N) is 1. The van der Waals surface area contributed by atoms with Crippen molar-refractivity contribution in [1.29, 1.82) is 0 Å². The van der Waals surface area contributed by atoms with Crippen molar-refractivity contribution in [3.63, 3.8) is 0 Å². The van der Waals surface area contributed by atoms with Gasteiger partial charge >= 0.3 is 6.01 Å². The highest BCUT2D eigenvalue weighted by Crippen LogP contribution is 2.25. The fraction of sp³-hybridized carbons (Fsp3) is 0.273. The highest BCUT2D eigenvalue weighted by Gasteiger charge is 2.10. The highest BCUT2D eigenvalue weighted by molar-refractivity contribution is 6.33. The van der Waals surface area contributed by atoms with Crippen LogP contribution in [0, 0.1) is 0 Å². The maximum atomic E-state index is 6.03. The number of benzene rings is 1. The monoisotopic (exact) mass is 237 g/mol. The number of nitrogens with zero attached hydrogens (tertiary/aromatic N) is 2. The van der Waals surface area contributed by atoms with E-state index in [0.717, 1.165) is 18.5 Å². The van der Waals surface area contributed by atoms with Crippen molar-refractivity contribution in [2.45, 2.75) is 13.3 Å². The Morgan fingerprint density at radius 1 is 1.38 bits per heavy atom. The van der Waals surface area contributed by atoms with Gasteiger partial charge in [-0.3, -0.25) is 0 Å². The summed E-state index contributed by atoms with van der Waals surface area (Å²) in [5.41, 5.74) is 0.775. The summed E-state index contributed by atoms with van der Waals surface area (Å²) in [5.74, 6) is 0.504. The molecule has 0 saturated heterocycles. The third-order valence-corrected chi connectivity index (χ3v) is 2.40. The molecule has 1 aromatic carbocycles. The summed E-state index contributed by atoms with van der Waals surface area (Å²) in [6.07, 6.45) is 1.00. The zero-order valence-electron chi connectivity index (χ0n) is 8.90. The van der Waals surface area contributed by atoms with Gasteiger partial charge in [-0.1, -0.05) is 35.8 Å². The molecule has 0 spiro atoms. The summed E-state index contributed by atoms with van der Waals surface area (Å²) in [4.78, 5) is 4.21. The van der Waals surface area contributed by atoms with Crippen LogP contribution >= 0.6 is 11.6 Å². The van der Waals surface area contributed by atoms with Gasteiger partial charge in [0, 0.05) is 12.1 Å². The predicted molar refractivity (Wildman–Crippen MR) is 63.5 cm³/mol. The molecule has 1 heterocycles. The Bertz CT molecular complexity index is 470. The lowest BCUT2D eigenvalue weighted by Crippen LogP contribution is -1.99. The van der Waals surface area contributed by atoms with Gasteiger partial charge in [0.25, 0.3) is 0 Å². The number of halogens is 1. The molecule has 0 aliphatic heterocycles. The van der Waals surface area contributed by atoms with E-state index in [1.807, 2.05) is 18.2 Å². The third-order valence-electron chi connectivity index (χ3n) is 2.07. The first kappa shape index (κ1) is 11.0. The van der Waals surface area contributed by atoms with Crippen molar-refractivity contribution in [3.05, 3.63) is 29.3 Å².